The highest BCUT2D eigenvalue weighted by atomic mass is 32.2. The van der Waals surface area contributed by atoms with Crippen LogP contribution in [0.2, 0.25) is 0 Å². The van der Waals surface area contributed by atoms with E-state index in [9.17, 15) is 13.2 Å². The van der Waals surface area contributed by atoms with Crippen molar-refractivity contribution in [3.05, 3.63) is 48.4 Å². The number of nitrogens with zero attached hydrogens (tertiary/aromatic N) is 3. The van der Waals surface area contributed by atoms with E-state index in [4.69, 9.17) is 5.73 Å². The van der Waals surface area contributed by atoms with Crippen molar-refractivity contribution in [1.29, 1.82) is 0 Å². The summed E-state index contributed by atoms with van der Waals surface area (Å²) in [7, 11) is -3.37. The Kier molecular flexibility index (Phi) is 5.03. The fourth-order valence-corrected chi connectivity index (χ4v) is 2.96. The molecule has 5 N–H and O–H groups in total. The number of hydrogen-bond acceptors (Lipinski definition) is 7. The molecule has 0 bridgehead atoms. The summed E-state index contributed by atoms with van der Waals surface area (Å²) >= 11 is 0. The Labute approximate surface area is 155 Å². The van der Waals surface area contributed by atoms with Crippen molar-refractivity contribution in [2.45, 2.75) is 6.92 Å². The Morgan fingerprint density at radius 3 is 2.56 bits per heavy atom. The van der Waals surface area contributed by atoms with Gasteiger partial charge >= 0.3 is 0 Å². The van der Waals surface area contributed by atoms with Crippen LogP contribution in [-0.2, 0) is 10.0 Å². The minimum absolute atomic E-state index is 0.0304. The zero-order chi connectivity index (χ0) is 19.4. The van der Waals surface area contributed by atoms with Crippen LogP contribution in [0, 0.1) is 0 Å². The molecule has 1 aromatic carbocycles. The third-order valence-corrected chi connectivity index (χ3v) is 4.95. The Bertz CT molecular complexity index is 1050. The maximum Gasteiger partial charge on any atom is 0.254 e. The molecule has 1 amide bonds. The van der Waals surface area contributed by atoms with E-state index in [1.807, 2.05) is 0 Å². The molecule has 10 nitrogen and oxygen atoms in total. The normalized spacial score (nSPS) is 11.1. The second-order valence-corrected chi connectivity index (χ2v) is 7.50. The smallest absolute Gasteiger partial charge is 0.254 e. The van der Waals surface area contributed by atoms with Crippen molar-refractivity contribution >= 4 is 33.3 Å². The largest absolute Gasteiger partial charge is 0.365 e. The Morgan fingerprint density at radius 1 is 1.22 bits per heavy atom. The van der Waals surface area contributed by atoms with Gasteiger partial charge in [-0.1, -0.05) is 12.1 Å². The van der Waals surface area contributed by atoms with Crippen LogP contribution in [0.3, 0.4) is 0 Å². The summed E-state index contributed by atoms with van der Waals surface area (Å²) in [5, 5.41) is 9.78. The molecule has 27 heavy (non-hydrogen) atoms. The van der Waals surface area contributed by atoms with E-state index < -0.39 is 15.9 Å². The Hall–Kier alpha value is -3.47. The van der Waals surface area contributed by atoms with Gasteiger partial charge in [0.15, 0.2) is 0 Å². The van der Waals surface area contributed by atoms with E-state index in [-0.39, 0.29) is 17.1 Å². The van der Waals surface area contributed by atoms with E-state index >= 15 is 0 Å². The number of nitrogens with one attached hydrogen (secondary N) is 3. The van der Waals surface area contributed by atoms with Crippen molar-refractivity contribution in [2.75, 3.05) is 15.8 Å². The first-order valence-corrected chi connectivity index (χ1v) is 9.57. The summed E-state index contributed by atoms with van der Waals surface area (Å²) < 4.78 is 25.7. The summed E-state index contributed by atoms with van der Waals surface area (Å²) in [6, 6.07) is 6.44. The van der Waals surface area contributed by atoms with Gasteiger partial charge in [0.2, 0.25) is 10.0 Å². The number of benzene rings is 1. The minimum atomic E-state index is -3.37. The molecule has 3 rings (SSSR count). The molecule has 0 unspecified atom stereocenters. The molecule has 0 saturated heterocycles. The summed E-state index contributed by atoms with van der Waals surface area (Å²) in [6.07, 6.45) is 4.51. The molecule has 0 aliphatic carbocycles. The molecule has 0 aliphatic heterocycles. The number of anilines is 3. The number of H-pyrrole nitrogens is 1. The quantitative estimate of drug-likeness (QED) is 0.478. The summed E-state index contributed by atoms with van der Waals surface area (Å²) in [5.41, 5.74) is 7.00. The number of sulfonamides is 1. The molecule has 0 saturated carbocycles. The second-order valence-electron chi connectivity index (χ2n) is 5.48. The van der Waals surface area contributed by atoms with E-state index in [2.05, 4.69) is 30.2 Å². The SMILES string of the molecule is CCS(=O)(=O)Nc1ccc(-c2n[nH]c(Nc3cnccn3)c2C(N)=O)cc1. The average molecular weight is 387 g/mol. The van der Waals surface area contributed by atoms with Crippen LogP contribution in [-0.4, -0.2) is 40.2 Å². The molecule has 2 aromatic heterocycles. The third-order valence-electron chi connectivity index (χ3n) is 3.64. The maximum atomic E-state index is 12.0. The molecule has 3 aromatic rings. The zero-order valence-electron chi connectivity index (χ0n) is 14.3. The molecule has 0 atom stereocenters. The van der Waals surface area contributed by atoms with Gasteiger partial charge < -0.3 is 11.1 Å². The highest BCUT2D eigenvalue weighted by Gasteiger charge is 2.20. The summed E-state index contributed by atoms with van der Waals surface area (Å²) in [5.74, 6) is -0.00801. The predicted molar refractivity (Wildman–Crippen MR) is 101 cm³/mol. The van der Waals surface area contributed by atoms with Gasteiger partial charge in [-0.15, -0.1) is 0 Å². The van der Waals surface area contributed by atoms with E-state index in [1.54, 1.807) is 31.2 Å². The molecule has 0 radical (unpaired) electrons. The van der Waals surface area contributed by atoms with E-state index in [1.165, 1.54) is 18.6 Å². The monoisotopic (exact) mass is 387 g/mol. The van der Waals surface area contributed by atoms with Gasteiger partial charge in [-0.25, -0.2) is 13.4 Å². The van der Waals surface area contributed by atoms with E-state index in [0.717, 1.165) is 0 Å². The topological polar surface area (TPSA) is 156 Å². The van der Waals surface area contributed by atoms with Crippen LogP contribution < -0.4 is 15.8 Å². The number of nitrogens with two attached hydrogens (primary N) is 1. The fourth-order valence-electron chi connectivity index (χ4n) is 2.32. The van der Waals surface area contributed by atoms with Crippen molar-refractivity contribution in [2.24, 2.45) is 5.73 Å². The van der Waals surface area contributed by atoms with Gasteiger partial charge in [0.1, 0.15) is 22.9 Å². The Balaban J connectivity index is 1.91. The maximum absolute atomic E-state index is 12.0. The number of rotatable bonds is 7. The average Bonchev–Trinajstić information content (AvgIpc) is 3.07. The highest BCUT2D eigenvalue weighted by Crippen LogP contribution is 2.28. The number of carbonyl (C=O) groups excluding carboxylic acids is 1. The van der Waals surface area contributed by atoms with Gasteiger partial charge in [-0.2, -0.15) is 5.10 Å². The van der Waals surface area contributed by atoms with Crippen molar-refractivity contribution in [1.82, 2.24) is 20.2 Å². The lowest BCUT2D eigenvalue weighted by atomic mass is 10.1. The Morgan fingerprint density at radius 2 is 1.96 bits per heavy atom. The molecule has 0 aliphatic rings. The first kappa shape index (κ1) is 18.3. The fraction of sp³-hybridized carbons (Fsp3) is 0.125. The molecule has 2 heterocycles. The van der Waals surface area contributed by atoms with Crippen LogP contribution >= 0.6 is 0 Å². The molecular weight excluding hydrogens is 370 g/mol. The van der Waals surface area contributed by atoms with Crippen LogP contribution in [0.15, 0.2) is 42.9 Å². The number of carbonyl (C=O) groups is 1. The van der Waals surface area contributed by atoms with Gasteiger partial charge in [0.05, 0.1) is 11.9 Å². The highest BCUT2D eigenvalue weighted by molar-refractivity contribution is 7.92. The predicted octanol–water partition coefficient (Wildman–Crippen LogP) is 1.47. The summed E-state index contributed by atoms with van der Waals surface area (Å²) in [4.78, 5) is 20.0. The number of primary amides is 1. The molecule has 140 valence electrons. The van der Waals surface area contributed by atoms with E-state index in [0.29, 0.717) is 22.8 Å². The molecule has 0 fully saturated rings. The lowest BCUT2D eigenvalue weighted by molar-refractivity contribution is 0.100. The number of hydrogen-bond donors (Lipinski definition) is 4. The van der Waals surface area contributed by atoms with Gasteiger partial charge in [0, 0.05) is 23.6 Å². The van der Waals surface area contributed by atoms with Crippen LogP contribution in [0.1, 0.15) is 17.3 Å². The van der Waals surface area contributed by atoms with Crippen LogP contribution in [0.5, 0.6) is 0 Å². The molecule has 0 spiro atoms. The number of aromatic amines is 1. The van der Waals surface area contributed by atoms with Crippen LogP contribution in [0.4, 0.5) is 17.3 Å². The van der Waals surface area contributed by atoms with Gasteiger partial charge in [-0.05, 0) is 19.1 Å². The minimum Gasteiger partial charge on any atom is -0.365 e. The zero-order valence-corrected chi connectivity index (χ0v) is 15.1. The lowest BCUT2D eigenvalue weighted by Crippen LogP contribution is -2.14. The van der Waals surface area contributed by atoms with Crippen LogP contribution in [0.25, 0.3) is 11.3 Å². The van der Waals surface area contributed by atoms with Crippen molar-refractivity contribution in [3.63, 3.8) is 0 Å². The van der Waals surface area contributed by atoms with Crippen molar-refractivity contribution in [3.8, 4) is 11.3 Å². The first-order chi connectivity index (χ1) is 12.9. The van der Waals surface area contributed by atoms with Gasteiger partial charge in [0.25, 0.3) is 5.91 Å². The molecule has 11 heteroatoms. The summed E-state index contributed by atoms with van der Waals surface area (Å²) in [6.45, 7) is 1.55. The standard InChI is InChI=1S/C16H17N7O3S/c1-2-27(25,26)23-11-5-3-10(4-6-11)14-13(15(17)24)16(22-21-14)20-12-9-18-7-8-19-12/h3-9,23H,2H2,1H3,(H2,17,24)(H2,19,20,21,22). The van der Waals surface area contributed by atoms with Crippen molar-refractivity contribution < 1.29 is 13.2 Å². The van der Waals surface area contributed by atoms with Gasteiger partial charge in [-0.3, -0.25) is 19.6 Å². The first-order valence-electron chi connectivity index (χ1n) is 7.91. The third kappa shape index (κ3) is 4.20. The number of amides is 1. The second kappa shape index (κ2) is 7.41. The lowest BCUT2D eigenvalue weighted by Gasteiger charge is -2.07. The number of aromatic nitrogens is 4. The molecular formula is C16H17N7O3S.